The van der Waals surface area contributed by atoms with Crippen LogP contribution < -0.4 is 16.2 Å². The first kappa shape index (κ1) is 12.5. The minimum absolute atomic E-state index is 0.618. The molecule has 17 heavy (non-hydrogen) atoms. The summed E-state index contributed by atoms with van der Waals surface area (Å²) in [4.78, 5) is 13.0. The van der Waals surface area contributed by atoms with E-state index in [-0.39, 0.29) is 0 Å². The molecule has 1 saturated heterocycles. The Balaban J connectivity index is 2.21. The molecule has 6 nitrogen and oxygen atoms in total. The minimum Gasteiger partial charge on any atom is -0.354 e. The van der Waals surface area contributed by atoms with Gasteiger partial charge in [0.15, 0.2) is 5.82 Å². The molecule has 0 aromatic carbocycles. The number of aromatic nitrogens is 2. The molecule has 0 saturated carbocycles. The number of nitrogen functional groups attached to an aromatic ring is 1. The fraction of sp³-hybridized carbons (Fsp3) is 0.600. The van der Waals surface area contributed by atoms with Crippen molar-refractivity contribution in [1.82, 2.24) is 14.9 Å². The van der Waals surface area contributed by atoms with E-state index in [2.05, 4.69) is 48.2 Å². The molecule has 2 heterocycles. The zero-order chi connectivity index (χ0) is 12.3. The molecule has 0 amide bonds. The highest BCUT2D eigenvalue weighted by Gasteiger charge is 2.17. The summed E-state index contributed by atoms with van der Waals surface area (Å²) < 4.78 is 0.826. The summed E-state index contributed by atoms with van der Waals surface area (Å²) in [5, 5.41) is 0. The van der Waals surface area contributed by atoms with Gasteiger partial charge in [-0.2, -0.15) is 0 Å². The molecule has 0 aliphatic carbocycles. The molecule has 0 unspecified atom stereocenters. The molecule has 1 fully saturated rings. The van der Waals surface area contributed by atoms with Crippen molar-refractivity contribution in [2.24, 2.45) is 5.84 Å². The third-order valence-corrected chi connectivity index (χ3v) is 3.66. The van der Waals surface area contributed by atoms with E-state index < -0.39 is 0 Å². The average molecular weight is 301 g/mol. The van der Waals surface area contributed by atoms with E-state index in [1.807, 2.05) is 0 Å². The molecule has 1 aromatic rings. The van der Waals surface area contributed by atoms with E-state index in [1.54, 1.807) is 0 Å². The molecule has 0 spiro atoms. The molecule has 0 bridgehead atoms. The maximum Gasteiger partial charge on any atom is 0.159 e. The second kappa shape index (κ2) is 5.61. The molecular formula is C10H17BrN6. The zero-order valence-corrected chi connectivity index (χ0v) is 11.4. The van der Waals surface area contributed by atoms with Gasteiger partial charge in [-0.05, 0) is 35.9 Å². The predicted molar refractivity (Wildman–Crippen MR) is 71.9 cm³/mol. The summed E-state index contributed by atoms with van der Waals surface area (Å²) in [5.74, 6) is 6.93. The lowest BCUT2D eigenvalue weighted by Gasteiger charge is -2.23. The maximum absolute atomic E-state index is 5.40. The van der Waals surface area contributed by atoms with Crippen molar-refractivity contribution in [2.75, 3.05) is 43.6 Å². The van der Waals surface area contributed by atoms with Crippen LogP contribution in [0.25, 0.3) is 0 Å². The number of anilines is 2. The highest BCUT2D eigenvalue weighted by molar-refractivity contribution is 9.10. The highest BCUT2D eigenvalue weighted by atomic mass is 79.9. The van der Waals surface area contributed by atoms with Crippen molar-refractivity contribution in [3.05, 3.63) is 10.8 Å². The molecule has 0 atom stereocenters. The van der Waals surface area contributed by atoms with E-state index in [0.29, 0.717) is 5.82 Å². The molecule has 7 heteroatoms. The van der Waals surface area contributed by atoms with Gasteiger partial charge in [0.2, 0.25) is 0 Å². The first-order chi connectivity index (χ1) is 8.22. The summed E-state index contributed by atoms with van der Waals surface area (Å²) in [7, 11) is 2.14. The largest absolute Gasteiger partial charge is 0.354 e. The molecule has 1 aliphatic rings. The Bertz CT molecular complexity index is 385. The number of likely N-dealkylation sites (N-methyl/N-ethyl adjacent to an activating group) is 1. The zero-order valence-electron chi connectivity index (χ0n) is 9.86. The SMILES string of the molecule is CN1CCCN(c2ncnc(NN)c2Br)CC1. The summed E-state index contributed by atoms with van der Waals surface area (Å²) in [6.45, 7) is 4.14. The number of nitrogens with two attached hydrogens (primary N) is 1. The summed E-state index contributed by atoms with van der Waals surface area (Å²) in [5.41, 5.74) is 2.56. The molecule has 2 rings (SSSR count). The summed E-state index contributed by atoms with van der Waals surface area (Å²) >= 11 is 3.49. The third kappa shape index (κ3) is 2.85. The lowest BCUT2D eigenvalue weighted by Crippen LogP contribution is -2.30. The van der Waals surface area contributed by atoms with Crippen LogP contribution in [0.3, 0.4) is 0 Å². The van der Waals surface area contributed by atoms with Gasteiger partial charge in [-0.25, -0.2) is 15.8 Å². The summed E-state index contributed by atoms with van der Waals surface area (Å²) in [6.07, 6.45) is 2.67. The number of nitrogens with one attached hydrogen (secondary N) is 1. The van der Waals surface area contributed by atoms with Gasteiger partial charge >= 0.3 is 0 Å². The number of hydrogen-bond acceptors (Lipinski definition) is 6. The van der Waals surface area contributed by atoms with Crippen LogP contribution in [-0.4, -0.2) is 48.1 Å². The smallest absolute Gasteiger partial charge is 0.159 e. The maximum atomic E-state index is 5.40. The van der Waals surface area contributed by atoms with Crippen LogP contribution in [0.2, 0.25) is 0 Å². The second-order valence-electron chi connectivity index (χ2n) is 4.15. The van der Waals surface area contributed by atoms with Gasteiger partial charge < -0.3 is 15.2 Å². The van der Waals surface area contributed by atoms with Gasteiger partial charge in [-0.15, -0.1) is 0 Å². The number of rotatable bonds is 2. The van der Waals surface area contributed by atoms with Crippen LogP contribution in [0.5, 0.6) is 0 Å². The van der Waals surface area contributed by atoms with Crippen LogP contribution in [0.15, 0.2) is 10.8 Å². The van der Waals surface area contributed by atoms with Gasteiger partial charge in [0.1, 0.15) is 16.6 Å². The van der Waals surface area contributed by atoms with Crippen LogP contribution >= 0.6 is 15.9 Å². The monoisotopic (exact) mass is 300 g/mol. The average Bonchev–Trinajstić information content (AvgIpc) is 2.54. The molecular weight excluding hydrogens is 284 g/mol. The number of nitrogens with zero attached hydrogens (tertiary/aromatic N) is 4. The van der Waals surface area contributed by atoms with E-state index in [1.165, 1.54) is 6.33 Å². The predicted octanol–water partition coefficient (Wildman–Crippen LogP) is 0.667. The van der Waals surface area contributed by atoms with Gasteiger partial charge in [-0.3, -0.25) is 0 Å². The Hall–Kier alpha value is -0.920. The van der Waals surface area contributed by atoms with Gasteiger partial charge in [0.05, 0.1) is 0 Å². The standard InChI is InChI=1S/C10H17BrN6/c1-16-3-2-4-17(6-5-16)10-8(11)9(15-12)13-7-14-10/h7H,2-6,12H2,1H3,(H,13,14,15). The highest BCUT2D eigenvalue weighted by Crippen LogP contribution is 2.29. The second-order valence-corrected chi connectivity index (χ2v) is 4.94. The third-order valence-electron chi connectivity index (χ3n) is 2.93. The number of hydrogen-bond donors (Lipinski definition) is 2. The fourth-order valence-corrected chi connectivity index (χ4v) is 2.51. The van der Waals surface area contributed by atoms with Crippen LogP contribution in [0, 0.1) is 0 Å². The first-order valence-corrected chi connectivity index (χ1v) is 6.42. The topological polar surface area (TPSA) is 70.3 Å². The minimum atomic E-state index is 0.618. The van der Waals surface area contributed by atoms with E-state index in [4.69, 9.17) is 5.84 Å². The van der Waals surface area contributed by atoms with Crippen molar-refractivity contribution in [3.8, 4) is 0 Å². The van der Waals surface area contributed by atoms with Gasteiger partial charge in [-0.1, -0.05) is 0 Å². The quantitative estimate of drug-likeness (QED) is 0.618. The molecule has 3 N–H and O–H groups in total. The lowest BCUT2D eigenvalue weighted by molar-refractivity contribution is 0.360. The van der Waals surface area contributed by atoms with Crippen LogP contribution in [0.1, 0.15) is 6.42 Å². The molecule has 1 aromatic heterocycles. The van der Waals surface area contributed by atoms with E-state index in [9.17, 15) is 0 Å². The Morgan fingerprint density at radius 3 is 2.88 bits per heavy atom. The van der Waals surface area contributed by atoms with Crippen molar-refractivity contribution in [3.63, 3.8) is 0 Å². The first-order valence-electron chi connectivity index (χ1n) is 5.63. The lowest BCUT2D eigenvalue weighted by atomic mass is 10.4. The van der Waals surface area contributed by atoms with Crippen molar-refractivity contribution in [2.45, 2.75) is 6.42 Å². The molecule has 94 valence electrons. The Morgan fingerprint density at radius 1 is 1.29 bits per heavy atom. The van der Waals surface area contributed by atoms with Crippen LogP contribution in [0.4, 0.5) is 11.6 Å². The Morgan fingerprint density at radius 2 is 2.12 bits per heavy atom. The number of halogens is 1. The van der Waals surface area contributed by atoms with Crippen molar-refractivity contribution in [1.29, 1.82) is 0 Å². The van der Waals surface area contributed by atoms with Crippen LogP contribution in [-0.2, 0) is 0 Å². The van der Waals surface area contributed by atoms with Gasteiger partial charge in [0.25, 0.3) is 0 Å². The molecule has 1 aliphatic heterocycles. The normalized spacial score (nSPS) is 17.9. The Kier molecular flexibility index (Phi) is 4.14. The molecule has 0 radical (unpaired) electrons. The van der Waals surface area contributed by atoms with Gasteiger partial charge in [0, 0.05) is 19.6 Å². The van der Waals surface area contributed by atoms with Crippen molar-refractivity contribution >= 4 is 27.6 Å². The fourth-order valence-electron chi connectivity index (χ4n) is 1.94. The van der Waals surface area contributed by atoms with E-state index >= 15 is 0 Å². The Labute approximate surface area is 109 Å². The van der Waals surface area contributed by atoms with E-state index in [0.717, 1.165) is 42.9 Å². The number of hydrazine groups is 1. The summed E-state index contributed by atoms with van der Waals surface area (Å²) in [6, 6.07) is 0. The van der Waals surface area contributed by atoms with Crippen molar-refractivity contribution < 1.29 is 0 Å².